The number of aromatic nitrogens is 1. The van der Waals surface area contributed by atoms with Gasteiger partial charge in [0.1, 0.15) is 59.2 Å². The molecule has 0 radical (unpaired) electrons. The molecule has 7 atom stereocenters. The van der Waals surface area contributed by atoms with Crippen LogP contribution in [0.25, 0.3) is 22.0 Å². The predicted molar refractivity (Wildman–Crippen MR) is 326 cm³/mol. The van der Waals surface area contributed by atoms with Crippen LogP contribution in [0, 0.1) is 0 Å². The van der Waals surface area contributed by atoms with Crippen molar-refractivity contribution in [2.24, 2.45) is 0 Å². The first-order valence-electron chi connectivity index (χ1n) is 28.4. The number of amides is 6. The van der Waals surface area contributed by atoms with Gasteiger partial charge < -0.3 is 87.0 Å². The van der Waals surface area contributed by atoms with Gasteiger partial charge in [0.05, 0.1) is 5.69 Å². The second-order valence-electron chi connectivity index (χ2n) is 22.1. The van der Waals surface area contributed by atoms with Gasteiger partial charge in [-0.05, 0) is 136 Å². The van der Waals surface area contributed by atoms with Gasteiger partial charge >= 0.3 is 5.97 Å². The number of phenols is 6. The Labute approximate surface area is 516 Å². The molecule has 8 aromatic carbocycles. The number of nitrogens with one attached hydrogen (secondary N) is 7. The van der Waals surface area contributed by atoms with E-state index >= 15 is 19.2 Å². The van der Waals surface area contributed by atoms with Gasteiger partial charge in [0, 0.05) is 42.6 Å². The van der Waals surface area contributed by atoms with Gasteiger partial charge in [-0.2, -0.15) is 0 Å². The van der Waals surface area contributed by atoms with Crippen LogP contribution in [0.4, 0.5) is 5.69 Å². The van der Waals surface area contributed by atoms with E-state index in [1.165, 1.54) is 141 Å². The Kier molecular flexibility index (Phi) is 15.7. The fourth-order valence-electron chi connectivity index (χ4n) is 11.3. The lowest BCUT2D eigenvalue weighted by molar-refractivity contribution is -0.145. The Morgan fingerprint density at radius 1 is 0.571 bits per heavy atom. The molecule has 15 bridgehead atoms. The minimum Gasteiger partial charge on any atom is -0.508 e. The number of H-pyrrole nitrogens is 1. The SMILES string of the molecule is CN1C(=O)[C@@H]2NC(=O)[C@@H]3NC(=O)[C@@H](c4ccc(O)cc4)NC(=O)[C@H](NC(=O)C(Nc4cccc(O)c4O)c4ccc(O)cc4)Cc4c[nH]c5cc(ccc45)-c4cc3cc(c4O)Oc3ccc(cc3)C[C@H]1C(=O)N[C@@H](C(=O)O)c1ccc(O)c(c1)Oc1ccc2cc1. The van der Waals surface area contributed by atoms with Crippen molar-refractivity contribution in [2.75, 3.05) is 12.4 Å². The molecule has 1 aromatic heterocycles. The molecule has 7 heterocycles. The molecule has 0 saturated heterocycles. The normalized spacial score (nSPS) is 19.5. The lowest BCUT2D eigenvalue weighted by atomic mass is 9.94. The molecule has 0 fully saturated rings. The lowest BCUT2D eigenvalue weighted by Crippen LogP contribution is -2.55. The number of anilines is 1. The zero-order valence-electron chi connectivity index (χ0n) is 47.9. The van der Waals surface area contributed by atoms with Gasteiger partial charge in [-0.3, -0.25) is 28.8 Å². The lowest BCUT2D eigenvalue weighted by Gasteiger charge is -2.33. The first-order valence-corrected chi connectivity index (χ1v) is 28.4. The van der Waals surface area contributed by atoms with E-state index in [4.69, 9.17) is 9.47 Å². The van der Waals surface area contributed by atoms with Crippen LogP contribution in [0.2, 0.25) is 0 Å². The fraction of sp³-hybridized carbons (Fsp3) is 0.149. The molecule has 0 saturated carbocycles. The van der Waals surface area contributed by atoms with E-state index in [-0.39, 0.29) is 92.2 Å². The number of carboxylic acids is 1. The Balaban J connectivity index is 1.01. The summed E-state index contributed by atoms with van der Waals surface area (Å²) in [4.78, 5) is 109. The van der Waals surface area contributed by atoms with Crippen molar-refractivity contribution in [1.29, 1.82) is 0 Å². The van der Waals surface area contributed by atoms with Gasteiger partial charge in [0.2, 0.25) is 35.4 Å². The highest BCUT2D eigenvalue weighted by molar-refractivity contribution is 6.00. The van der Waals surface area contributed by atoms with Crippen LogP contribution in [0.5, 0.6) is 57.5 Å². The highest BCUT2D eigenvalue weighted by Gasteiger charge is 2.40. The molecule has 24 heteroatoms. The standard InChI is InChI=1S/C67H56N8O16/c1-75-49-25-32-5-19-42(20-6-32)91-53-30-38-26-45(59(53)80)36-13-23-44-39(31-68-47(44)27-36)28-48(70-63(84)54(33-7-15-40(76)16-8-33)69-46-3-2-4-51(79)60(46)81)61(82)71-55(34-9-17-41(77)18-10-34)64(85)72-56(38)65(86)73-57(66(75)87)35-11-21-43(22-12-35)90-52-29-37(14-24-50(52)78)58(67(88)89)74-62(49)83/h2-24,26-27,29-31,48-49,54-58,68-69,76-81H,25,28H2,1H3,(H,70,84)(H,71,82)(H,72,85)(H,73,86)(H,74,83)(H,88,89)/t48-,49+,54?,55-,56-,57-,58-/m1/s1. The summed E-state index contributed by atoms with van der Waals surface area (Å²) in [6.45, 7) is 0. The molecule has 24 nitrogen and oxygen atoms in total. The van der Waals surface area contributed by atoms with Crippen molar-refractivity contribution >= 4 is 58.0 Å². The van der Waals surface area contributed by atoms with Crippen molar-refractivity contribution < 1.29 is 78.8 Å². The fourth-order valence-corrected chi connectivity index (χ4v) is 11.3. The molecule has 1 unspecified atom stereocenters. The molecular weight excluding hydrogens is 1170 g/mol. The molecular formula is C67H56N8O16. The summed E-state index contributed by atoms with van der Waals surface area (Å²) in [6.07, 6.45) is 1.13. The molecule has 15 rings (SSSR count). The molecule has 91 heavy (non-hydrogen) atoms. The minimum absolute atomic E-state index is 0.00979. The van der Waals surface area contributed by atoms with E-state index < -0.39 is 101 Å². The van der Waals surface area contributed by atoms with Crippen molar-refractivity contribution in [1.82, 2.24) is 36.5 Å². The monoisotopic (exact) mass is 1230 g/mol. The minimum atomic E-state index is -1.90. The average molecular weight is 1230 g/mol. The summed E-state index contributed by atoms with van der Waals surface area (Å²) in [5.41, 5.74) is 2.17. The van der Waals surface area contributed by atoms with Crippen molar-refractivity contribution in [3.8, 4) is 68.6 Å². The zero-order valence-corrected chi connectivity index (χ0v) is 47.9. The van der Waals surface area contributed by atoms with E-state index in [0.717, 1.165) is 4.90 Å². The van der Waals surface area contributed by atoms with Crippen LogP contribution in [0.3, 0.4) is 0 Å². The van der Waals surface area contributed by atoms with Crippen LogP contribution < -0.4 is 41.4 Å². The molecule has 14 N–H and O–H groups in total. The first-order chi connectivity index (χ1) is 43.7. The van der Waals surface area contributed by atoms with Gasteiger partial charge in [-0.25, -0.2) is 4.79 Å². The average Bonchev–Trinajstić information content (AvgIpc) is 1.83. The molecule has 6 aliphatic heterocycles. The molecule has 6 amide bonds. The van der Waals surface area contributed by atoms with Crippen molar-refractivity contribution in [3.63, 3.8) is 0 Å². The predicted octanol–water partition coefficient (Wildman–Crippen LogP) is 7.06. The smallest absolute Gasteiger partial charge is 0.330 e. The van der Waals surface area contributed by atoms with Crippen LogP contribution in [-0.4, -0.2) is 106 Å². The van der Waals surface area contributed by atoms with Crippen LogP contribution in [-0.2, 0) is 46.4 Å². The largest absolute Gasteiger partial charge is 0.508 e. The number of para-hydroxylation sites is 1. The Morgan fingerprint density at radius 3 is 1.88 bits per heavy atom. The summed E-state index contributed by atoms with van der Waals surface area (Å²) in [5, 5.41) is 93.0. The molecule has 6 aliphatic rings. The topological polar surface area (TPSA) is 371 Å². The van der Waals surface area contributed by atoms with E-state index in [9.17, 15) is 50.1 Å². The maximum Gasteiger partial charge on any atom is 0.330 e. The molecule has 0 aliphatic carbocycles. The maximum atomic E-state index is 15.8. The number of rotatable bonds is 7. The van der Waals surface area contributed by atoms with Gasteiger partial charge in [0.25, 0.3) is 0 Å². The summed E-state index contributed by atoms with van der Waals surface area (Å²) in [5.74, 6) is -9.69. The quantitative estimate of drug-likeness (QED) is 0.0710. The van der Waals surface area contributed by atoms with E-state index in [0.29, 0.717) is 27.6 Å². The Bertz CT molecular complexity index is 4390. The summed E-state index contributed by atoms with van der Waals surface area (Å²) in [6, 6.07) is 26.7. The third-order valence-electron chi connectivity index (χ3n) is 16.2. The number of aromatic hydroxyl groups is 6. The van der Waals surface area contributed by atoms with E-state index in [1.807, 2.05) is 0 Å². The first kappa shape index (κ1) is 59.1. The summed E-state index contributed by atoms with van der Waals surface area (Å²) >= 11 is 0. The second-order valence-corrected chi connectivity index (χ2v) is 22.1. The Morgan fingerprint density at radius 2 is 1.18 bits per heavy atom. The van der Waals surface area contributed by atoms with Crippen LogP contribution >= 0.6 is 0 Å². The molecule has 0 spiro atoms. The number of aliphatic carboxylic acids is 1. The number of ether oxygens (including phenoxy) is 2. The summed E-state index contributed by atoms with van der Waals surface area (Å²) < 4.78 is 12.4. The number of nitrogens with zero attached hydrogens (tertiary/aromatic N) is 1. The summed E-state index contributed by atoms with van der Waals surface area (Å²) in [7, 11) is 1.30. The number of carboxylic acid groups (broad SMARTS) is 1. The molecule has 460 valence electrons. The Hall–Kier alpha value is -12.2. The number of hydrogen-bond donors (Lipinski definition) is 14. The highest BCUT2D eigenvalue weighted by atomic mass is 16.5. The molecule has 9 aromatic rings. The highest BCUT2D eigenvalue weighted by Crippen LogP contribution is 2.44. The van der Waals surface area contributed by atoms with Gasteiger partial charge in [-0.1, -0.05) is 72.8 Å². The van der Waals surface area contributed by atoms with Gasteiger partial charge in [-0.15, -0.1) is 0 Å². The third-order valence-corrected chi connectivity index (χ3v) is 16.2. The van der Waals surface area contributed by atoms with E-state index in [2.05, 4.69) is 36.9 Å². The van der Waals surface area contributed by atoms with Gasteiger partial charge in [0.15, 0.2) is 40.5 Å². The number of phenolic OH excluding ortho intramolecular Hbond substituents is 6. The number of aromatic amines is 1. The third kappa shape index (κ3) is 12.0. The van der Waals surface area contributed by atoms with Crippen LogP contribution in [0.1, 0.15) is 69.2 Å². The number of benzene rings is 8. The number of carbonyl (C=O) groups excluding carboxylic acids is 6. The number of carbonyl (C=O) groups is 7. The van der Waals surface area contributed by atoms with Crippen molar-refractivity contribution in [3.05, 3.63) is 209 Å². The zero-order chi connectivity index (χ0) is 63.9. The number of hydrogen-bond acceptors (Lipinski definition) is 16. The van der Waals surface area contributed by atoms with Crippen molar-refractivity contribution in [2.45, 2.75) is 55.1 Å². The number of fused-ring (bicyclic) bond motifs is 14. The van der Waals surface area contributed by atoms with Crippen LogP contribution in [0.15, 0.2) is 170 Å². The second kappa shape index (κ2) is 24.2. The van der Waals surface area contributed by atoms with E-state index in [1.54, 1.807) is 36.5 Å². The number of likely N-dealkylation sites (N-methyl/N-ethyl adjacent to an activating group) is 1. The maximum absolute atomic E-state index is 15.8.